The van der Waals surface area contributed by atoms with Crippen LogP contribution in [0.4, 0.5) is 0 Å². The quantitative estimate of drug-likeness (QED) is 0.866. The van der Waals surface area contributed by atoms with Crippen molar-refractivity contribution in [3.63, 3.8) is 0 Å². The Bertz CT molecular complexity index is 518. The molecule has 1 atom stereocenters. The van der Waals surface area contributed by atoms with Crippen LogP contribution in [0, 0.1) is 6.92 Å². The van der Waals surface area contributed by atoms with Crippen molar-refractivity contribution in [3.05, 3.63) is 47.1 Å². The minimum absolute atomic E-state index is 0.395. The van der Waals surface area contributed by atoms with Gasteiger partial charge in [-0.2, -0.15) is 4.98 Å². The third-order valence-corrected chi connectivity index (χ3v) is 3.44. The van der Waals surface area contributed by atoms with Crippen LogP contribution in [0.5, 0.6) is 0 Å². The average Bonchev–Trinajstić information content (AvgIpc) is 2.86. The standard InChI is InChI=1S/C15H21N3O/c1-4-13(16-3)10-15-17-14(18-19-15)9-12-8-6-5-7-11(12)2/h5-8,13,16H,4,9-10H2,1-3H3. The molecule has 1 aromatic carbocycles. The average molecular weight is 259 g/mol. The van der Waals surface area contributed by atoms with E-state index in [1.807, 2.05) is 19.2 Å². The smallest absolute Gasteiger partial charge is 0.228 e. The van der Waals surface area contributed by atoms with Gasteiger partial charge in [0.15, 0.2) is 5.82 Å². The van der Waals surface area contributed by atoms with Crippen LogP contribution in [0.1, 0.15) is 36.2 Å². The SMILES string of the molecule is CCC(Cc1nc(Cc2ccccc2C)no1)NC. The Morgan fingerprint density at radius 2 is 2.11 bits per heavy atom. The van der Waals surface area contributed by atoms with Gasteiger partial charge in [-0.15, -0.1) is 0 Å². The van der Waals surface area contributed by atoms with E-state index in [9.17, 15) is 0 Å². The second-order valence-electron chi connectivity index (χ2n) is 4.81. The number of hydrogen-bond donors (Lipinski definition) is 1. The van der Waals surface area contributed by atoms with Crippen LogP contribution in [0.25, 0.3) is 0 Å². The molecule has 0 bridgehead atoms. The Hall–Kier alpha value is -1.68. The van der Waals surface area contributed by atoms with Crippen LogP contribution < -0.4 is 5.32 Å². The van der Waals surface area contributed by atoms with E-state index in [2.05, 4.69) is 41.4 Å². The third-order valence-electron chi connectivity index (χ3n) is 3.44. The van der Waals surface area contributed by atoms with Gasteiger partial charge in [0.2, 0.25) is 5.89 Å². The number of hydrogen-bond acceptors (Lipinski definition) is 4. The van der Waals surface area contributed by atoms with Crippen molar-refractivity contribution >= 4 is 0 Å². The molecule has 1 N–H and O–H groups in total. The molecular weight excluding hydrogens is 238 g/mol. The largest absolute Gasteiger partial charge is 0.339 e. The summed E-state index contributed by atoms with van der Waals surface area (Å²) in [7, 11) is 1.96. The van der Waals surface area contributed by atoms with Crippen molar-refractivity contribution in [3.8, 4) is 0 Å². The summed E-state index contributed by atoms with van der Waals surface area (Å²) in [5, 5.41) is 7.30. The molecular formula is C15H21N3O. The summed E-state index contributed by atoms with van der Waals surface area (Å²) < 4.78 is 5.31. The van der Waals surface area contributed by atoms with Crippen LogP contribution >= 0.6 is 0 Å². The van der Waals surface area contributed by atoms with Crippen LogP contribution in [0.2, 0.25) is 0 Å². The van der Waals surface area contributed by atoms with E-state index in [1.165, 1.54) is 11.1 Å². The number of rotatable bonds is 6. The maximum atomic E-state index is 5.31. The Morgan fingerprint density at radius 1 is 1.32 bits per heavy atom. The fourth-order valence-corrected chi connectivity index (χ4v) is 2.08. The van der Waals surface area contributed by atoms with E-state index >= 15 is 0 Å². The molecule has 2 rings (SSSR count). The van der Waals surface area contributed by atoms with Crippen LogP contribution in [0.15, 0.2) is 28.8 Å². The summed E-state index contributed by atoms with van der Waals surface area (Å²) in [5.41, 5.74) is 2.51. The summed E-state index contributed by atoms with van der Waals surface area (Å²) in [4.78, 5) is 4.46. The first kappa shape index (κ1) is 13.7. The number of nitrogens with one attached hydrogen (secondary N) is 1. The Labute approximate surface area is 114 Å². The molecule has 0 saturated heterocycles. The van der Waals surface area contributed by atoms with Gasteiger partial charge in [0, 0.05) is 18.9 Å². The predicted molar refractivity (Wildman–Crippen MR) is 75.1 cm³/mol. The summed E-state index contributed by atoms with van der Waals surface area (Å²) in [6.45, 7) is 4.25. The molecule has 0 aliphatic heterocycles. The zero-order valence-electron chi connectivity index (χ0n) is 11.8. The lowest BCUT2D eigenvalue weighted by Gasteiger charge is -2.09. The van der Waals surface area contributed by atoms with Gasteiger partial charge in [-0.05, 0) is 31.5 Å². The van der Waals surface area contributed by atoms with Gasteiger partial charge in [-0.1, -0.05) is 36.3 Å². The molecule has 0 aliphatic rings. The van der Waals surface area contributed by atoms with E-state index in [0.717, 1.165) is 25.1 Å². The van der Waals surface area contributed by atoms with Crippen molar-refractivity contribution < 1.29 is 4.52 Å². The molecule has 19 heavy (non-hydrogen) atoms. The highest BCUT2D eigenvalue weighted by molar-refractivity contribution is 5.27. The highest BCUT2D eigenvalue weighted by atomic mass is 16.5. The number of likely N-dealkylation sites (N-methyl/N-ethyl adjacent to an activating group) is 1. The number of aryl methyl sites for hydroxylation is 1. The fraction of sp³-hybridized carbons (Fsp3) is 0.467. The van der Waals surface area contributed by atoms with Gasteiger partial charge in [0.25, 0.3) is 0 Å². The highest BCUT2D eigenvalue weighted by Crippen LogP contribution is 2.12. The molecule has 2 aromatic rings. The minimum atomic E-state index is 0.395. The second kappa shape index (κ2) is 6.48. The fourth-order valence-electron chi connectivity index (χ4n) is 2.08. The van der Waals surface area contributed by atoms with Gasteiger partial charge in [-0.25, -0.2) is 0 Å². The van der Waals surface area contributed by atoms with Crippen molar-refractivity contribution in [2.45, 2.75) is 39.2 Å². The molecule has 4 nitrogen and oxygen atoms in total. The zero-order chi connectivity index (χ0) is 13.7. The van der Waals surface area contributed by atoms with Gasteiger partial charge < -0.3 is 9.84 Å². The Balaban J connectivity index is 2.03. The van der Waals surface area contributed by atoms with E-state index in [1.54, 1.807) is 0 Å². The highest BCUT2D eigenvalue weighted by Gasteiger charge is 2.12. The van der Waals surface area contributed by atoms with Gasteiger partial charge in [-0.3, -0.25) is 0 Å². The van der Waals surface area contributed by atoms with Crippen molar-refractivity contribution in [1.29, 1.82) is 0 Å². The lowest BCUT2D eigenvalue weighted by atomic mass is 10.1. The molecule has 0 radical (unpaired) electrons. The van der Waals surface area contributed by atoms with Crippen LogP contribution in [0.3, 0.4) is 0 Å². The van der Waals surface area contributed by atoms with E-state index in [4.69, 9.17) is 4.52 Å². The van der Waals surface area contributed by atoms with E-state index < -0.39 is 0 Å². The maximum absolute atomic E-state index is 5.31. The number of aromatic nitrogens is 2. The molecule has 0 saturated carbocycles. The van der Waals surface area contributed by atoms with E-state index in [0.29, 0.717) is 11.9 Å². The van der Waals surface area contributed by atoms with Crippen molar-refractivity contribution in [1.82, 2.24) is 15.5 Å². The van der Waals surface area contributed by atoms with Crippen LogP contribution in [-0.2, 0) is 12.8 Å². The van der Waals surface area contributed by atoms with Gasteiger partial charge in [0.1, 0.15) is 0 Å². The van der Waals surface area contributed by atoms with Crippen LogP contribution in [-0.4, -0.2) is 23.2 Å². The lowest BCUT2D eigenvalue weighted by molar-refractivity contribution is 0.355. The molecule has 1 aromatic heterocycles. The summed E-state index contributed by atoms with van der Waals surface area (Å²) in [5.74, 6) is 1.47. The third kappa shape index (κ3) is 3.64. The van der Waals surface area contributed by atoms with Crippen molar-refractivity contribution in [2.75, 3.05) is 7.05 Å². The first-order valence-corrected chi connectivity index (χ1v) is 6.76. The topological polar surface area (TPSA) is 51.0 Å². The first-order chi connectivity index (χ1) is 9.22. The minimum Gasteiger partial charge on any atom is -0.339 e. The first-order valence-electron chi connectivity index (χ1n) is 6.76. The summed E-state index contributed by atoms with van der Waals surface area (Å²) in [6.07, 6.45) is 2.56. The molecule has 0 fully saturated rings. The number of benzene rings is 1. The zero-order valence-corrected chi connectivity index (χ0v) is 11.8. The molecule has 102 valence electrons. The normalized spacial score (nSPS) is 12.6. The molecule has 1 heterocycles. The van der Waals surface area contributed by atoms with E-state index in [-0.39, 0.29) is 0 Å². The maximum Gasteiger partial charge on any atom is 0.228 e. The van der Waals surface area contributed by atoms with Gasteiger partial charge >= 0.3 is 0 Å². The second-order valence-corrected chi connectivity index (χ2v) is 4.81. The Morgan fingerprint density at radius 3 is 2.79 bits per heavy atom. The summed E-state index contributed by atoms with van der Waals surface area (Å²) in [6, 6.07) is 8.68. The molecule has 0 spiro atoms. The molecule has 0 amide bonds. The molecule has 0 aliphatic carbocycles. The summed E-state index contributed by atoms with van der Waals surface area (Å²) >= 11 is 0. The molecule has 1 unspecified atom stereocenters. The number of nitrogens with zero attached hydrogens (tertiary/aromatic N) is 2. The van der Waals surface area contributed by atoms with Crippen molar-refractivity contribution in [2.24, 2.45) is 0 Å². The molecule has 4 heteroatoms. The monoisotopic (exact) mass is 259 g/mol. The Kier molecular flexibility index (Phi) is 4.68. The predicted octanol–water partition coefficient (Wildman–Crippen LogP) is 2.51. The lowest BCUT2D eigenvalue weighted by Crippen LogP contribution is -2.26. The van der Waals surface area contributed by atoms with Gasteiger partial charge in [0.05, 0.1) is 0 Å².